The number of amides is 1. The van der Waals surface area contributed by atoms with Crippen LogP contribution in [0.25, 0.3) is 11.0 Å². The second-order valence-corrected chi connectivity index (χ2v) is 7.08. The number of aryl methyl sites for hydroxylation is 2. The summed E-state index contributed by atoms with van der Waals surface area (Å²) in [5, 5.41) is 3.79. The Labute approximate surface area is 170 Å². The molecule has 0 saturated carbocycles. The van der Waals surface area contributed by atoms with Crippen LogP contribution in [0.1, 0.15) is 23.6 Å². The summed E-state index contributed by atoms with van der Waals surface area (Å²) in [4.78, 5) is 26.6. The van der Waals surface area contributed by atoms with E-state index in [0.29, 0.717) is 30.1 Å². The molecule has 0 saturated heterocycles. The molecule has 3 aromatic rings. The van der Waals surface area contributed by atoms with E-state index in [0.717, 1.165) is 22.1 Å². The second-order valence-electron chi connectivity index (χ2n) is 7.08. The van der Waals surface area contributed by atoms with Crippen molar-refractivity contribution in [2.75, 3.05) is 25.5 Å². The Bertz CT molecular complexity index is 1090. The summed E-state index contributed by atoms with van der Waals surface area (Å²) >= 11 is 0. The summed E-state index contributed by atoms with van der Waals surface area (Å²) in [5.41, 5.74) is 3.88. The first-order chi connectivity index (χ1) is 13.9. The van der Waals surface area contributed by atoms with Crippen molar-refractivity contribution in [2.24, 2.45) is 0 Å². The predicted molar refractivity (Wildman–Crippen MR) is 115 cm³/mol. The van der Waals surface area contributed by atoms with Crippen LogP contribution in [0.4, 0.5) is 5.69 Å². The number of methoxy groups -OCH3 is 1. The number of anilines is 1. The van der Waals surface area contributed by atoms with Gasteiger partial charge in [-0.25, -0.2) is 4.79 Å². The molecule has 1 aromatic heterocycles. The Kier molecular flexibility index (Phi) is 6.34. The highest BCUT2D eigenvalue weighted by molar-refractivity contribution is 5.93. The molecule has 2 aromatic carbocycles. The third kappa shape index (κ3) is 4.84. The number of hydrogen-bond donors (Lipinski definition) is 1. The first kappa shape index (κ1) is 20.6. The lowest BCUT2D eigenvalue weighted by Gasteiger charge is -2.21. The van der Waals surface area contributed by atoms with E-state index in [9.17, 15) is 9.59 Å². The number of fused-ring (bicyclic) bond motifs is 1. The van der Waals surface area contributed by atoms with Crippen molar-refractivity contribution in [3.8, 4) is 5.75 Å². The number of nitrogens with zero attached hydrogens (tertiary/aromatic N) is 1. The van der Waals surface area contributed by atoms with Crippen molar-refractivity contribution in [1.29, 1.82) is 0 Å². The standard InChI is InChI=1S/C23H26N2O4/c1-5-25(14-22(26)24-19-8-6-7-9-20(19)28-4)13-17-12-23(27)29-21-11-16(3)15(2)10-18(17)21/h6-12H,5,13-14H2,1-4H3,(H,24,26). The van der Waals surface area contributed by atoms with Crippen molar-refractivity contribution in [2.45, 2.75) is 27.3 Å². The summed E-state index contributed by atoms with van der Waals surface area (Å²) in [6.45, 7) is 7.33. The minimum Gasteiger partial charge on any atom is -0.495 e. The highest BCUT2D eigenvalue weighted by Gasteiger charge is 2.15. The lowest BCUT2D eigenvalue weighted by atomic mass is 10.0. The molecule has 0 aliphatic carbocycles. The largest absolute Gasteiger partial charge is 0.495 e. The molecule has 1 N–H and O–H groups in total. The third-order valence-electron chi connectivity index (χ3n) is 5.03. The highest BCUT2D eigenvalue weighted by atomic mass is 16.5. The van der Waals surface area contributed by atoms with Crippen LogP contribution >= 0.6 is 0 Å². The first-order valence-electron chi connectivity index (χ1n) is 9.60. The average molecular weight is 394 g/mol. The van der Waals surface area contributed by atoms with Gasteiger partial charge in [0.05, 0.1) is 19.3 Å². The summed E-state index contributed by atoms with van der Waals surface area (Å²) < 4.78 is 10.7. The van der Waals surface area contributed by atoms with Crippen LogP contribution in [-0.2, 0) is 11.3 Å². The van der Waals surface area contributed by atoms with E-state index in [4.69, 9.17) is 9.15 Å². The summed E-state index contributed by atoms with van der Waals surface area (Å²) in [7, 11) is 1.57. The molecule has 1 amide bonds. The van der Waals surface area contributed by atoms with Crippen LogP contribution in [0.5, 0.6) is 5.75 Å². The Hall–Kier alpha value is -3.12. The van der Waals surface area contributed by atoms with Crippen LogP contribution in [-0.4, -0.2) is 31.0 Å². The van der Waals surface area contributed by atoms with Crippen molar-refractivity contribution in [1.82, 2.24) is 4.90 Å². The lowest BCUT2D eigenvalue weighted by molar-refractivity contribution is -0.117. The number of benzene rings is 2. The van der Waals surface area contributed by atoms with E-state index < -0.39 is 0 Å². The predicted octanol–water partition coefficient (Wildman–Crippen LogP) is 3.88. The fraction of sp³-hybridized carbons (Fsp3) is 0.304. The molecule has 0 aliphatic rings. The molecule has 0 unspecified atom stereocenters. The van der Waals surface area contributed by atoms with Crippen molar-refractivity contribution < 1.29 is 13.9 Å². The van der Waals surface area contributed by atoms with E-state index in [2.05, 4.69) is 5.32 Å². The maximum Gasteiger partial charge on any atom is 0.336 e. The molecule has 29 heavy (non-hydrogen) atoms. The van der Waals surface area contributed by atoms with E-state index in [-0.39, 0.29) is 18.1 Å². The minimum absolute atomic E-state index is 0.143. The number of para-hydroxylation sites is 2. The van der Waals surface area contributed by atoms with Gasteiger partial charge in [-0.3, -0.25) is 9.69 Å². The Balaban J connectivity index is 1.80. The zero-order valence-electron chi connectivity index (χ0n) is 17.2. The normalized spacial score (nSPS) is 11.1. The maximum absolute atomic E-state index is 12.6. The number of nitrogens with one attached hydrogen (secondary N) is 1. The fourth-order valence-corrected chi connectivity index (χ4v) is 3.27. The fourth-order valence-electron chi connectivity index (χ4n) is 3.27. The molecule has 0 spiro atoms. The van der Waals surface area contributed by atoms with Crippen LogP contribution in [0.2, 0.25) is 0 Å². The molecule has 152 valence electrons. The van der Waals surface area contributed by atoms with Gasteiger partial charge in [0.2, 0.25) is 5.91 Å². The van der Waals surface area contributed by atoms with E-state index in [1.54, 1.807) is 19.2 Å². The third-order valence-corrected chi connectivity index (χ3v) is 5.03. The van der Waals surface area contributed by atoms with Crippen molar-refractivity contribution >= 4 is 22.6 Å². The Morgan fingerprint density at radius 1 is 1.14 bits per heavy atom. The number of hydrogen-bond acceptors (Lipinski definition) is 5. The van der Waals surface area contributed by atoms with Gasteiger partial charge in [-0.15, -0.1) is 0 Å². The second kappa shape index (κ2) is 8.92. The lowest BCUT2D eigenvalue weighted by Crippen LogP contribution is -2.33. The molecule has 6 heteroatoms. The number of ether oxygens (including phenoxy) is 1. The van der Waals surface area contributed by atoms with E-state index >= 15 is 0 Å². The van der Waals surface area contributed by atoms with Gasteiger partial charge in [-0.05, 0) is 61.3 Å². The molecule has 0 atom stereocenters. The number of carbonyl (C=O) groups is 1. The van der Waals surface area contributed by atoms with E-state index in [1.807, 2.05) is 49.9 Å². The smallest absolute Gasteiger partial charge is 0.336 e. The molecule has 0 fully saturated rings. The summed E-state index contributed by atoms with van der Waals surface area (Å²) in [6.07, 6.45) is 0. The molecule has 0 bridgehead atoms. The molecule has 1 heterocycles. The summed E-state index contributed by atoms with van der Waals surface area (Å²) in [5.74, 6) is 0.469. The van der Waals surface area contributed by atoms with E-state index in [1.165, 1.54) is 6.07 Å². The van der Waals surface area contributed by atoms with Crippen LogP contribution in [0, 0.1) is 13.8 Å². The van der Waals surface area contributed by atoms with Crippen molar-refractivity contribution in [3.63, 3.8) is 0 Å². The topological polar surface area (TPSA) is 71.8 Å². The Morgan fingerprint density at radius 3 is 2.59 bits per heavy atom. The number of rotatable bonds is 7. The van der Waals surface area contributed by atoms with Crippen LogP contribution in [0.3, 0.4) is 0 Å². The van der Waals surface area contributed by atoms with Gasteiger partial charge in [0.15, 0.2) is 0 Å². The average Bonchev–Trinajstić information content (AvgIpc) is 2.69. The highest BCUT2D eigenvalue weighted by Crippen LogP contribution is 2.24. The molecule has 0 aliphatic heterocycles. The SMILES string of the molecule is CCN(CC(=O)Nc1ccccc1OC)Cc1cc(=O)oc2cc(C)c(C)cc12. The van der Waals surface area contributed by atoms with Crippen molar-refractivity contribution in [3.05, 3.63) is 69.6 Å². The molecule has 3 rings (SSSR count). The minimum atomic E-state index is -0.384. The molecule has 0 radical (unpaired) electrons. The zero-order chi connectivity index (χ0) is 21.0. The molecular weight excluding hydrogens is 368 g/mol. The van der Waals surface area contributed by atoms with Gasteiger partial charge in [-0.1, -0.05) is 19.1 Å². The van der Waals surface area contributed by atoms with Crippen LogP contribution < -0.4 is 15.7 Å². The zero-order valence-corrected chi connectivity index (χ0v) is 17.2. The molecule has 6 nitrogen and oxygen atoms in total. The van der Waals surface area contributed by atoms with Gasteiger partial charge in [0.1, 0.15) is 11.3 Å². The molecular formula is C23H26N2O4. The monoisotopic (exact) mass is 394 g/mol. The van der Waals surface area contributed by atoms with Gasteiger partial charge in [0.25, 0.3) is 0 Å². The maximum atomic E-state index is 12.6. The number of carbonyl (C=O) groups excluding carboxylic acids is 1. The van der Waals surface area contributed by atoms with Gasteiger partial charge >= 0.3 is 5.63 Å². The Morgan fingerprint density at radius 2 is 1.86 bits per heavy atom. The van der Waals surface area contributed by atoms with Gasteiger partial charge in [-0.2, -0.15) is 0 Å². The van der Waals surface area contributed by atoms with Crippen LogP contribution in [0.15, 0.2) is 51.7 Å². The number of likely N-dealkylation sites (N-methyl/N-ethyl adjacent to an activating group) is 1. The summed E-state index contributed by atoms with van der Waals surface area (Å²) in [6, 6.07) is 12.7. The van der Waals surface area contributed by atoms with Gasteiger partial charge < -0.3 is 14.5 Å². The quantitative estimate of drug-likeness (QED) is 0.616. The van der Waals surface area contributed by atoms with Gasteiger partial charge in [0, 0.05) is 18.0 Å². The first-order valence-corrected chi connectivity index (χ1v) is 9.60.